The number of pyridine rings is 1. The first kappa shape index (κ1) is 13.0. The molecule has 1 aromatic carbocycles. The maximum Gasteiger partial charge on any atom is 0.0573 e. The summed E-state index contributed by atoms with van der Waals surface area (Å²) >= 11 is 0. The lowest BCUT2D eigenvalue weighted by Crippen LogP contribution is -2.19. The number of aromatic nitrogens is 1. The maximum absolute atomic E-state index is 4.34. The first-order valence-electron chi connectivity index (χ1n) is 7.35. The highest BCUT2D eigenvalue weighted by Crippen LogP contribution is 2.31. The Kier molecular flexibility index (Phi) is 3.86. The zero-order chi connectivity index (χ0) is 13.8. The SMILES string of the molecule is CCNc1cncc(N2CCC(c3ccccc3)C2)c1. The van der Waals surface area contributed by atoms with Gasteiger partial charge in [0.25, 0.3) is 0 Å². The first-order chi connectivity index (χ1) is 9.86. The van der Waals surface area contributed by atoms with Crippen molar-refractivity contribution in [2.45, 2.75) is 19.3 Å². The molecule has 104 valence electrons. The Labute approximate surface area is 120 Å². The second-order valence-electron chi connectivity index (χ2n) is 5.30. The second kappa shape index (κ2) is 5.95. The monoisotopic (exact) mass is 267 g/mol. The van der Waals surface area contributed by atoms with Gasteiger partial charge in [-0.25, -0.2) is 0 Å². The van der Waals surface area contributed by atoms with Crippen LogP contribution in [0.1, 0.15) is 24.8 Å². The molecule has 3 rings (SSSR count). The zero-order valence-corrected chi connectivity index (χ0v) is 11.9. The van der Waals surface area contributed by atoms with Gasteiger partial charge < -0.3 is 10.2 Å². The predicted molar refractivity (Wildman–Crippen MR) is 84.4 cm³/mol. The lowest BCUT2D eigenvalue weighted by atomic mass is 9.99. The summed E-state index contributed by atoms with van der Waals surface area (Å²) in [5, 5.41) is 3.33. The van der Waals surface area contributed by atoms with Gasteiger partial charge in [-0.05, 0) is 25.0 Å². The summed E-state index contributed by atoms with van der Waals surface area (Å²) in [7, 11) is 0. The number of hydrogen-bond donors (Lipinski definition) is 1. The minimum Gasteiger partial charge on any atom is -0.384 e. The molecule has 0 spiro atoms. The predicted octanol–water partition coefficient (Wildman–Crippen LogP) is 3.51. The van der Waals surface area contributed by atoms with Crippen molar-refractivity contribution in [3.05, 3.63) is 54.4 Å². The summed E-state index contributed by atoms with van der Waals surface area (Å²) in [5.74, 6) is 0.638. The molecule has 0 amide bonds. The summed E-state index contributed by atoms with van der Waals surface area (Å²) in [6.07, 6.45) is 5.07. The van der Waals surface area contributed by atoms with Crippen molar-refractivity contribution in [3.8, 4) is 0 Å². The van der Waals surface area contributed by atoms with Gasteiger partial charge in [0.05, 0.1) is 23.8 Å². The molecule has 1 fully saturated rings. The van der Waals surface area contributed by atoms with Crippen LogP contribution >= 0.6 is 0 Å². The van der Waals surface area contributed by atoms with Crippen molar-refractivity contribution in [3.63, 3.8) is 0 Å². The lowest BCUT2D eigenvalue weighted by Gasteiger charge is -2.19. The third-order valence-electron chi connectivity index (χ3n) is 3.93. The quantitative estimate of drug-likeness (QED) is 0.919. The molecule has 0 bridgehead atoms. The van der Waals surface area contributed by atoms with Crippen LogP contribution in [0.3, 0.4) is 0 Å². The van der Waals surface area contributed by atoms with E-state index in [9.17, 15) is 0 Å². The van der Waals surface area contributed by atoms with Gasteiger partial charge in [0, 0.05) is 25.6 Å². The molecule has 0 radical (unpaired) electrons. The minimum absolute atomic E-state index is 0.638. The van der Waals surface area contributed by atoms with E-state index in [0.29, 0.717) is 5.92 Å². The second-order valence-corrected chi connectivity index (χ2v) is 5.30. The zero-order valence-electron chi connectivity index (χ0n) is 11.9. The van der Waals surface area contributed by atoms with Crippen molar-refractivity contribution in [2.75, 3.05) is 29.9 Å². The van der Waals surface area contributed by atoms with Crippen molar-refractivity contribution in [1.29, 1.82) is 0 Å². The molecule has 3 heteroatoms. The van der Waals surface area contributed by atoms with Gasteiger partial charge in [0.15, 0.2) is 0 Å². The average Bonchev–Trinajstić information content (AvgIpc) is 2.99. The van der Waals surface area contributed by atoms with E-state index in [4.69, 9.17) is 0 Å². The number of anilines is 2. The molecule has 0 aliphatic carbocycles. The van der Waals surface area contributed by atoms with Gasteiger partial charge in [-0.2, -0.15) is 0 Å². The Balaban J connectivity index is 1.72. The van der Waals surface area contributed by atoms with Crippen LogP contribution < -0.4 is 10.2 Å². The van der Waals surface area contributed by atoms with Crippen molar-refractivity contribution < 1.29 is 0 Å². The molecular formula is C17H21N3. The van der Waals surface area contributed by atoms with Gasteiger partial charge in [-0.1, -0.05) is 30.3 Å². The maximum atomic E-state index is 4.34. The number of nitrogens with zero attached hydrogens (tertiary/aromatic N) is 2. The number of nitrogens with one attached hydrogen (secondary N) is 1. The fourth-order valence-electron chi connectivity index (χ4n) is 2.89. The largest absolute Gasteiger partial charge is 0.384 e. The molecular weight excluding hydrogens is 246 g/mol. The third kappa shape index (κ3) is 2.77. The molecule has 1 aliphatic rings. The summed E-state index contributed by atoms with van der Waals surface area (Å²) in [6.45, 7) is 5.23. The highest BCUT2D eigenvalue weighted by molar-refractivity contribution is 5.56. The van der Waals surface area contributed by atoms with Crippen molar-refractivity contribution >= 4 is 11.4 Å². The van der Waals surface area contributed by atoms with E-state index in [1.807, 2.05) is 12.4 Å². The smallest absolute Gasteiger partial charge is 0.0573 e. The summed E-state index contributed by atoms with van der Waals surface area (Å²) < 4.78 is 0. The van der Waals surface area contributed by atoms with Gasteiger partial charge in [-0.15, -0.1) is 0 Å². The summed E-state index contributed by atoms with van der Waals surface area (Å²) in [5.41, 5.74) is 3.78. The fraction of sp³-hybridized carbons (Fsp3) is 0.353. The van der Waals surface area contributed by atoms with Crippen LogP contribution in [0, 0.1) is 0 Å². The van der Waals surface area contributed by atoms with Gasteiger partial charge >= 0.3 is 0 Å². The van der Waals surface area contributed by atoms with Crippen LogP contribution in [-0.4, -0.2) is 24.6 Å². The standard InChI is InChI=1S/C17H21N3/c1-2-19-16-10-17(12-18-11-16)20-9-8-15(13-20)14-6-4-3-5-7-14/h3-7,10-12,15,19H,2,8-9,13H2,1H3. The van der Waals surface area contributed by atoms with Crippen molar-refractivity contribution in [2.24, 2.45) is 0 Å². The molecule has 0 saturated carbocycles. The topological polar surface area (TPSA) is 28.2 Å². The molecule has 3 nitrogen and oxygen atoms in total. The highest BCUT2D eigenvalue weighted by Gasteiger charge is 2.24. The van der Waals surface area contributed by atoms with E-state index in [2.05, 4.69) is 58.5 Å². The van der Waals surface area contributed by atoms with Crippen LogP contribution in [0.4, 0.5) is 11.4 Å². The molecule has 1 unspecified atom stereocenters. The van der Waals surface area contributed by atoms with Gasteiger partial charge in [0.2, 0.25) is 0 Å². The Morgan fingerprint density at radius 2 is 2.10 bits per heavy atom. The lowest BCUT2D eigenvalue weighted by molar-refractivity contribution is 0.775. The Bertz CT molecular complexity index is 553. The van der Waals surface area contributed by atoms with Crippen LogP contribution in [0.2, 0.25) is 0 Å². The van der Waals surface area contributed by atoms with E-state index in [-0.39, 0.29) is 0 Å². The van der Waals surface area contributed by atoms with E-state index < -0.39 is 0 Å². The van der Waals surface area contributed by atoms with Gasteiger partial charge in [-0.3, -0.25) is 4.98 Å². The van der Waals surface area contributed by atoms with E-state index >= 15 is 0 Å². The molecule has 1 saturated heterocycles. The minimum atomic E-state index is 0.638. The molecule has 2 aromatic rings. The first-order valence-corrected chi connectivity index (χ1v) is 7.35. The van der Waals surface area contributed by atoms with Gasteiger partial charge in [0.1, 0.15) is 0 Å². The molecule has 1 aromatic heterocycles. The Morgan fingerprint density at radius 3 is 2.90 bits per heavy atom. The Hall–Kier alpha value is -2.03. The summed E-state index contributed by atoms with van der Waals surface area (Å²) in [6, 6.07) is 13.0. The molecule has 20 heavy (non-hydrogen) atoms. The Morgan fingerprint density at radius 1 is 1.25 bits per heavy atom. The molecule has 1 atom stereocenters. The molecule has 1 N–H and O–H groups in total. The van der Waals surface area contributed by atoms with E-state index in [1.165, 1.54) is 17.7 Å². The molecule has 2 heterocycles. The highest BCUT2D eigenvalue weighted by atomic mass is 15.2. The number of rotatable bonds is 4. The van der Waals surface area contributed by atoms with E-state index in [1.54, 1.807) is 0 Å². The van der Waals surface area contributed by atoms with Crippen LogP contribution in [0.25, 0.3) is 0 Å². The number of benzene rings is 1. The van der Waals surface area contributed by atoms with Crippen LogP contribution in [0.15, 0.2) is 48.8 Å². The van der Waals surface area contributed by atoms with Crippen LogP contribution in [-0.2, 0) is 0 Å². The molecule has 1 aliphatic heterocycles. The normalized spacial score (nSPS) is 18.2. The number of hydrogen-bond acceptors (Lipinski definition) is 3. The average molecular weight is 267 g/mol. The van der Waals surface area contributed by atoms with Crippen molar-refractivity contribution in [1.82, 2.24) is 4.98 Å². The van der Waals surface area contributed by atoms with Crippen LogP contribution in [0.5, 0.6) is 0 Å². The summed E-state index contributed by atoms with van der Waals surface area (Å²) in [4.78, 5) is 6.78. The van der Waals surface area contributed by atoms with E-state index in [0.717, 1.165) is 25.3 Å². The fourth-order valence-corrected chi connectivity index (χ4v) is 2.89. The third-order valence-corrected chi connectivity index (χ3v) is 3.93.